The Morgan fingerprint density at radius 1 is 1.26 bits per heavy atom. The van der Waals surface area contributed by atoms with Gasteiger partial charge < -0.3 is 19.6 Å². The Balaban J connectivity index is 1.62. The molecule has 0 aromatic carbocycles. The van der Waals surface area contributed by atoms with Gasteiger partial charge in [0.1, 0.15) is 6.61 Å². The van der Waals surface area contributed by atoms with Crippen LogP contribution in [0.15, 0.2) is 11.8 Å². The van der Waals surface area contributed by atoms with Crippen molar-refractivity contribution in [3.05, 3.63) is 11.8 Å². The number of rotatable bonds is 1. The third kappa shape index (κ3) is 1.98. The van der Waals surface area contributed by atoms with Gasteiger partial charge in [-0.2, -0.15) is 0 Å². The largest absolute Gasteiger partial charge is 0.465 e. The quantitative estimate of drug-likeness (QED) is 0.737. The van der Waals surface area contributed by atoms with Gasteiger partial charge in [-0.25, -0.2) is 9.59 Å². The number of carbonyl (C=O) groups is 3. The van der Waals surface area contributed by atoms with Gasteiger partial charge in [0, 0.05) is 24.2 Å². The van der Waals surface area contributed by atoms with Gasteiger partial charge in [-0.1, -0.05) is 0 Å². The molecule has 3 unspecified atom stereocenters. The molecule has 4 rings (SSSR count). The smallest absolute Gasteiger partial charge is 0.407 e. The SMILES string of the molecule is CC1CC2(CC3CCC(C2)N3C(=O)O)C(=O)N1C1=CC(=O)OC1. The number of hydrogen-bond donors (Lipinski definition) is 1. The Kier molecular flexibility index (Phi) is 2.98. The van der Waals surface area contributed by atoms with Crippen molar-refractivity contribution in [2.24, 2.45) is 5.41 Å². The maximum atomic E-state index is 13.1. The average molecular weight is 320 g/mol. The molecule has 2 bridgehead atoms. The number of nitrogens with zero attached hydrogens (tertiary/aromatic N) is 2. The number of esters is 1. The predicted octanol–water partition coefficient (Wildman–Crippen LogP) is 1.34. The van der Waals surface area contributed by atoms with Gasteiger partial charge in [0.05, 0.1) is 11.1 Å². The van der Waals surface area contributed by atoms with Crippen LogP contribution in [0.25, 0.3) is 0 Å². The topological polar surface area (TPSA) is 87.2 Å². The molecule has 7 nitrogen and oxygen atoms in total. The molecule has 0 radical (unpaired) electrons. The lowest BCUT2D eigenvalue weighted by molar-refractivity contribution is -0.139. The summed E-state index contributed by atoms with van der Waals surface area (Å²) in [7, 11) is 0. The number of carboxylic acid groups (broad SMARTS) is 1. The molecule has 23 heavy (non-hydrogen) atoms. The van der Waals surface area contributed by atoms with Crippen LogP contribution in [0.2, 0.25) is 0 Å². The molecule has 0 aromatic rings. The molecule has 124 valence electrons. The van der Waals surface area contributed by atoms with Crippen LogP contribution in [-0.2, 0) is 14.3 Å². The van der Waals surface area contributed by atoms with Crippen molar-refractivity contribution >= 4 is 18.0 Å². The standard InChI is InChI=1S/C16H20N2O5/c1-9-5-16(14(20)17(9)12-4-13(19)23-8-12)6-10-2-3-11(7-16)18(10)15(21)22/h4,9-11H,2-3,5-8H2,1H3,(H,21,22). The minimum absolute atomic E-state index is 0.0130. The van der Waals surface area contributed by atoms with E-state index in [1.54, 1.807) is 9.80 Å². The van der Waals surface area contributed by atoms with Gasteiger partial charge in [0.2, 0.25) is 5.91 Å². The molecule has 0 aromatic heterocycles. The lowest BCUT2D eigenvalue weighted by atomic mass is 9.73. The number of ether oxygens (including phenoxy) is 1. The fraction of sp³-hybridized carbons (Fsp3) is 0.688. The van der Waals surface area contributed by atoms with Crippen molar-refractivity contribution in [2.75, 3.05) is 6.61 Å². The van der Waals surface area contributed by atoms with Crippen LogP contribution in [0.5, 0.6) is 0 Å². The van der Waals surface area contributed by atoms with E-state index < -0.39 is 17.5 Å². The Labute approximate surface area is 133 Å². The Hall–Kier alpha value is -2.05. The minimum Gasteiger partial charge on any atom is -0.465 e. The molecule has 3 atom stereocenters. The van der Waals surface area contributed by atoms with Crippen molar-refractivity contribution < 1.29 is 24.2 Å². The first-order valence-electron chi connectivity index (χ1n) is 8.13. The van der Waals surface area contributed by atoms with Crippen molar-refractivity contribution in [1.29, 1.82) is 0 Å². The maximum absolute atomic E-state index is 13.1. The van der Waals surface area contributed by atoms with Crippen molar-refractivity contribution in [3.8, 4) is 0 Å². The zero-order chi connectivity index (χ0) is 16.4. The predicted molar refractivity (Wildman–Crippen MR) is 78.3 cm³/mol. The van der Waals surface area contributed by atoms with Gasteiger partial charge in [0.25, 0.3) is 0 Å². The zero-order valence-corrected chi connectivity index (χ0v) is 13.0. The van der Waals surface area contributed by atoms with Crippen LogP contribution < -0.4 is 0 Å². The summed E-state index contributed by atoms with van der Waals surface area (Å²) in [6.07, 6.45) is 4.11. The average Bonchev–Trinajstić information content (AvgIpc) is 3.07. The molecule has 4 aliphatic rings. The van der Waals surface area contributed by atoms with Crippen LogP contribution in [0.1, 0.15) is 39.0 Å². The summed E-state index contributed by atoms with van der Waals surface area (Å²) in [4.78, 5) is 39.1. The summed E-state index contributed by atoms with van der Waals surface area (Å²) in [6.45, 7) is 2.14. The molecule has 2 amide bonds. The lowest BCUT2D eigenvalue weighted by Crippen LogP contribution is -2.52. The van der Waals surface area contributed by atoms with E-state index in [4.69, 9.17) is 4.74 Å². The third-order valence-electron chi connectivity index (χ3n) is 5.85. The first-order valence-corrected chi connectivity index (χ1v) is 8.13. The Morgan fingerprint density at radius 3 is 2.43 bits per heavy atom. The lowest BCUT2D eigenvalue weighted by Gasteiger charge is -2.42. The number of carbonyl (C=O) groups excluding carboxylic acids is 2. The summed E-state index contributed by atoms with van der Waals surface area (Å²) in [5, 5.41) is 9.39. The summed E-state index contributed by atoms with van der Waals surface area (Å²) >= 11 is 0. The monoisotopic (exact) mass is 320 g/mol. The van der Waals surface area contributed by atoms with Crippen LogP contribution in [0, 0.1) is 5.41 Å². The summed E-state index contributed by atoms with van der Waals surface area (Å²) in [5.41, 5.74) is 0.154. The highest BCUT2D eigenvalue weighted by Gasteiger charge is 2.59. The Morgan fingerprint density at radius 2 is 1.91 bits per heavy atom. The number of cyclic esters (lactones) is 1. The fourth-order valence-electron chi connectivity index (χ4n) is 5.12. The number of amides is 2. The minimum atomic E-state index is -0.875. The highest BCUT2D eigenvalue weighted by atomic mass is 16.5. The number of likely N-dealkylation sites (tertiary alicyclic amines) is 1. The molecule has 4 aliphatic heterocycles. The van der Waals surface area contributed by atoms with E-state index in [2.05, 4.69) is 0 Å². The first kappa shape index (κ1) is 14.5. The van der Waals surface area contributed by atoms with E-state index in [1.807, 2.05) is 6.92 Å². The molecule has 1 spiro atoms. The van der Waals surface area contributed by atoms with Crippen LogP contribution in [0.4, 0.5) is 4.79 Å². The second kappa shape index (κ2) is 4.72. The van der Waals surface area contributed by atoms with Crippen molar-refractivity contribution in [2.45, 2.75) is 57.2 Å². The third-order valence-corrected chi connectivity index (χ3v) is 5.85. The van der Waals surface area contributed by atoms with E-state index >= 15 is 0 Å². The Bertz CT molecular complexity index is 614. The van der Waals surface area contributed by atoms with Crippen LogP contribution >= 0.6 is 0 Å². The first-order chi connectivity index (χ1) is 10.9. The van der Waals surface area contributed by atoms with Gasteiger partial charge in [-0.15, -0.1) is 0 Å². The fourth-order valence-corrected chi connectivity index (χ4v) is 5.12. The molecular formula is C16H20N2O5. The molecule has 7 heteroatoms. The molecule has 3 fully saturated rings. The summed E-state index contributed by atoms with van der Waals surface area (Å²) in [6, 6.07) is -0.102. The normalized spacial score (nSPS) is 39.2. The second-order valence-electron chi connectivity index (χ2n) is 7.24. The van der Waals surface area contributed by atoms with Crippen LogP contribution in [-0.4, -0.2) is 57.6 Å². The number of hydrogen-bond acceptors (Lipinski definition) is 4. The molecular weight excluding hydrogens is 300 g/mol. The van der Waals surface area contributed by atoms with Crippen LogP contribution in [0.3, 0.4) is 0 Å². The number of piperidine rings is 1. The van der Waals surface area contributed by atoms with E-state index in [0.29, 0.717) is 18.5 Å². The van der Waals surface area contributed by atoms with Crippen molar-refractivity contribution in [1.82, 2.24) is 9.80 Å². The van der Waals surface area contributed by atoms with Gasteiger partial charge in [-0.3, -0.25) is 4.79 Å². The van der Waals surface area contributed by atoms with E-state index in [-0.39, 0.29) is 30.6 Å². The summed E-state index contributed by atoms with van der Waals surface area (Å²) in [5.74, 6) is -0.363. The molecule has 4 heterocycles. The highest BCUT2D eigenvalue weighted by molar-refractivity contribution is 5.91. The molecule has 1 N–H and O–H groups in total. The summed E-state index contributed by atoms with van der Waals surface area (Å²) < 4.78 is 4.94. The van der Waals surface area contributed by atoms with E-state index in [1.165, 1.54) is 6.08 Å². The van der Waals surface area contributed by atoms with Gasteiger partial charge in [-0.05, 0) is 39.0 Å². The molecule has 0 aliphatic carbocycles. The number of fused-ring (bicyclic) bond motifs is 2. The molecule has 3 saturated heterocycles. The second-order valence-corrected chi connectivity index (χ2v) is 7.24. The van der Waals surface area contributed by atoms with E-state index in [0.717, 1.165) is 19.3 Å². The molecule has 0 saturated carbocycles. The van der Waals surface area contributed by atoms with Crippen molar-refractivity contribution in [3.63, 3.8) is 0 Å². The maximum Gasteiger partial charge on any atom is 0.407 e. The van der Waals surface area contributed by atoms with E-state index in [9.17, 15) is 19.5 Å². The van der Waals surface area contributed by atoms with Gasteiger partial charge in [0.15, 0.2) is 0 Å². The van der Waals surface area contributed by atoms with Gasteiger partial charge >= 0.3 is 12.1 Å². The zero-order valence-electron chi connectivity index (χ0n) is 13.0. The highest BCUT2D eigenvalue weighted by Crippen LogP contribution is 2.53.